The van der Waals surface area contributed by atoms with Crippen LogP contribution in [0.2, 0.25) is 5.02 Å². The van der Waals surface area contributed by atoms with Gasteiger partial charge in [0.15, 0.2) is 0 Å². The number of nitrogens with two attached hydrogens (primary N) is 1. The highest BCUT2D eigenvalue weighted by Gasteiger charge is 2.10. The van der Waals surface area contributed by atoms with Crippen molar-refractivity contribution in [2.75, 3.05) is 5.73 Å². The molecule has 0 bridgehead atoms. The van der Waals surface area contributed by atoms with Crippen LogP contribution in [0.25, 0.3) is 11.3 Å². The lowest BCUT2D eigenvalue weighted by Crippen LogP contribution is -1.95. The lowest BCUT2D eigenvalue weighted by Gasteiger charge is -2.01. The molecule has 0 fully saturated rings. The minimum atomic E-state index is 0.283. The fourth-order valence-corrected chi connectivity index (χ4v) is 1.45. The number of rotatable bonds is 2. The monoisotopic (exact) mass is 223 g/mol. The van der Waals surface area contributed by atoms with Gasteiger partial charge in [0, 0.05) is 18.3 Å². The van der Waals surface area contributed by atoms with E-state index in [1.54, 1.807) is 10.9 Å². The Bertz CT molecular complexity index is 479. The van der Waals surface area contributed by atoms with Crippen LogP contribution in [0.1, 0.15) is 6.92 Å². The molecule has 0 unspecified atom stereocenters. The molecule has 2 aromatic rings. The molecule has 0 spiro atoms. The number of nitrogen functional groups attached to an aromatic ring is 1. The summed E-state index contributed by atoms with van der Waals surface area (Å²) in [6.45, 7) is 2.81. The summed E-state index contributed by atoms with van der Waals surface area (Å²) in [5.74, 6) is 0.283. The van der Waals surface area contributed by atoms with Crippen molar-refractivity contribution in [3.8, 4) is 11.3 Å². The summed E-state index contributed by atoms with van der Waals surface area (Å²) in [5, 5.41) is 4.51. The van der Waals surface area contributed by atoms with Gasteiger partial charge in [0.1, 0.15) is 17.2 Å². The van der Waals surface area contributed by atoms with E-state index in [2.05, 4.69) is 15.1 Å². The first-order valence-electron chi connectivity index (χ1n) is 4.51. The van der Waals surface area contributed by atoms with Gasteiger partial charge in [-0.25, -0.2) is 9.97 Å². The maximum atomic E-state index is 5.99. The smallest absolute Gasteiger partial charge is 0.146 e. The van der Waals surface area contributed by atoms with Gasteiger partial charge in [-0.15, -0.1) is 0 Å². The number of aryl methyl sites for hydroxylation is 1. The second-order valence-electron chi connectivity index (χ2n) is 3.01. The maximum Gasteiger partial charge on any atom is 0.146 e. The number of anilines is 1. The van der Waals surface area contributed by atoms with E-state index in [9.17, 15) is 0 Å². The number of hydrogen-bond acceptors (Lipinski definition) is 4. The molecule has 6 heteroatoms. The summed E-state index contributed by atoms with van der Waals surface area (Å²) < 4.78 is 1.80. The van der Waals surface area contributed by atoms with Crippen molar-refractivity contribution >= 4 is 17.4 Å². The first-order chi connectivity index (χ1) is 7.22. The highest BCUT2D eigenvalue weighted by molar-refractivity contribution is 6.35. The molecule has 2 heterocycles. The van der Waals surface area contributed by atoms with E-state index in [0.29, 0.717) is 10.7 Å². The first-order valence-corrected chi connectivity index (χ1v) is 4.89. The van der Waals surface area contributed by atoms with Gasteiger partial charge in [-0.2, -0.15) is 5.10 Å². The highest BCUT2D eigenvalue weighted by Crippen LogP contribution is 2.27. The molecule has 2 aromatic heterocycles. The Morgan fingerprint density at radius 1 is 1.47 bits per heavy atom. The van der Waals surface area contributed by atoms with Crippen LogP contribution >= 0.6 is 11.6 Å². The third-order valence-electron chi connectivity index (χ3n) is 2.05. The molecule has 0 saturated carbocycles. The maximum absolute atomic E-state index is 5.99. The average molecular weight is 224 g/mol. The zero-order chi connectivity index (χ0) is 10.8. The molecule has 0 aliphatic carbocycles. The second kappa shape index (κ2) is 3.86. The quantitative estimate of drug-likeness (QED) is 0.840. The summed E-state index contributed by atoms with van der Waals surface area (Å²) >= 11 is 5.99. The van der Waals surface area contributed by atoms with E-state index in [1.165, 1.54) is 6.33 Å². The van der Waals surface area contributed by atoms with Crippen molar-refractivity contribution in [3.05, 3.63) is 23.7 Å². The summed E-state index contributed by atoms with van der Waals surface area (Å²) in [5.41, 5.74) is 7.05. The van der Waals surface area contributed by atoms with Crippen LogP contribution in [0.4, 0.5) is 5.82 Å². The van der Waals surface area contributed by atoms with Crippen molar-refractivity contribution < 1.29 is 0 Å². The SMILES string of the molecule is CCn1cc(-c2ncnc(N)c2Cl)cn1. The fraction of sp³-hybridized carbons (Fsp3) is 0.222. The van der Waals surface area contributed by atoms with Crippen LogP contribution in [-0.2, 0) is 6.54 Å². The lowest BCUT2D eigenvalue weighted by molar-refractivity contribution is 0.660. The zero-order valence-electron chi connectivity index (χ0n) is 8.18. The minimum absolute atomic E-state index is 0.283. The fourth-order valence-electron chi connectivity index (χ4n) is 1.24. The van der Waals surface area contributed by atoms with Crippen LogP contribution in [0.5, 0.6) is 0 Å². The van der Waals surface area contributed by atoms with Gasteiger partial charge in [0.25, 0.3) is 0 Å². The molecule has 0 aromatic carbocycles. The number of halogens is 1. The number of hydrogen-bond donors (Lipinski definition) is 1. The first kappa shape index (κ1) is 9.92. The second-order valence-corrected chi connectivity index (χ2v) is 3.38. The Hall–Kier alpha value is -1.62. The van der Waals surface area contributed by atoms with Gasteiger partial charge >= 0.3 is 0 Å². The molecule has 2 N–H and O–H groups in total. The molecular formula is C9H10ClN5. The van der Waals surface area contributed by atoms with Crippen molar-refractivity contribution in [2.24, 2.45) is 0 Å². The molecule has 2 rings (SSSR count). The molecule has 0 radical (unpaired) electrons. The van der Waals surface area contributed by atoms with Crippen LogP contribution < -0.4 is 5.73 Å². The van der Waals surface area contributed by atoms with E-state index in [4.69, 9.17) is 17.3 Å². The highest BCUT2D eigenvalue weighted by atomic mass is 35.5. The zero-order valence-corrected chi connectivity index (χ0v) is 8.94. The normalized spacial score (nSPS) is 10.5. The van der Waals surface area contributed by atoms with Crippen LogP contribution in [-0.4, -0.2) is 19.7 Å². The van der Waals surface area contributed by atoms with Gasteiger partial charge in [-0.05, 0) is 6.92 Å². The predicted octanol–water partition coefficient (Wildman–Crippen LogP) is 1.60. The Labute approximate surface area is 91.9 Å². The van der Waals surface area contributed by atoms with Crippen molar-refractivity contribution in [2.45, 2.75) is 13.5 Å². The van der Waals surface area contributed by atoms with E-state index >= 15 is 0 Å². The Morgan fingerprint density at radius 2 is 2.27 bits per heavy atom. The summed E-state index contributed by atoms with van der Waals surface area (Å²) in [6.07, 6.45) is 4.96. The standard InChI is InChI=1S/C9H10ClN5/c1-2-15-4-6(3-14-15)8-7(10)9(11)13-5-12-8/h3-5H,2H2,1H3,(H2,11,12,13). The molecule has 78 valence electrons. The van der Waals surface area contributed by atoms with Gasteiger partial charge in [0.2, 0.25) is 0 Å². The Morgan fingerprint density at radius 3 is 2.93 bits per heavy atom. The Balaban J connectivity index is 2.49. The summed E-state index contributed by atoms with van der Waals surface area (Å²) in [7, 11) is 0. The molecule has 0 saturated heterocycles. The number of aromatic nitrogens is 4. The van der Waals surface area contributed by atoms with Gasteiger partial charge in [-0.1, -0.05) is 11.6 Å². The summed E-state index contributed by atoms with van der Waals surface area (Å²) in [6, 6.07) is 0. The largest absolute Gasteiger partial charge is 0.382 e. The lowest BCUT2D eigenvalue weighted by atomic mass is 10.2. The Kier molecular flexibility index (Phi) is 2.55. The van der Waals surface area contributed by atoms with Gasteiger partial charge < -0.3 is 5.73 Å². The topological polar surface area (TPSA) is 69.6 Å². The predicted molar refractivity (Wildman–Crippen MR) is 58.3 cm³/mol. The number of nitrogens with zero attached hydrogens (tertiary/aromatic N) is 4. The molecule has 5 nitrogen and oxygen atoms in total. The van der Waals surface area contributed by atoms with E-state index in [1.807, 2.05) is 13.1 Å². The molecular weight excluding hydrogens is 214 g/mol. The molecule has 15 heavy (non-hydrogen) atoms. The van der Waals surface area contributed by atoms with Gasteiger partial charge in [0.05, 0.1) is 11.9 Å². The molecule has 0 aliphatic rings. The van der Waals surface area contributed by atoms with Crippen LogP contribution in [0, 0.1) is 0 Å². The van der Waals surface area contributed by atoms with Gasteiger partial charge in [-0.3, -0.25) is 4.68 Å². The summed E-state index contributed by atoms with van der Waals surface area (Å²) in [4.78, 5) is 7.88. The molecule has 0 aliphatic heterocycles. The van der Waals surface area contributed by atoms with E-state index in [0.717, 1.165) is 12.1 Å². The van der Waals surface area contributed by atoms with Crippen LogP contribution in [0.15, 0.2) is 18.7 Å². The third-order valence-corrected chi connectivity index (χ3v) is 2.42. The van der Waals surface area contributed by atoms with Crippen molar-refractivity contribution in [3.63, 3.8) is 0 Å². The van der Waals surface area contributed by atoms with E-state index in [-0.39, 0.29) is 5.82 Å². The van der Waals surface area contributed by atoms with Crippen LogP contribution in [0.3, 0.4) is 0 Å². The van der Waals surface area contributed by atoms with Crippen molar-refractivity contribution in [1.29, 1.82) is 0 Å². The average Bonchev–Trinajstić information content (AvgIpc) is 2.70. The van der Waals surface area contributed by atoms with E-state index < -0.39 is 0 Å². The molecule has 0 amide bonds. The third kappa shape index (κ3) is 1.78. The van der Waals surface area contributed by atoms with Crippen molar-refractivity contribution in [1.82, 2.24) is 19.7 Å². The molecule has 0 atom stereocenters. The minimum Gasteiger partial charge on any atom is -0.382 e.